The monoisotopic (exact) mass is 374 g/mol. The minimum Gasteiger partial charge on any atom is -0.495 e. The van der Waals surface area contributed by atoms with E-state index in [4.69, 9.17) is 16.3 Å². The fourth-order valence-corrected chi connectivity index (χ4v) is 2.81. The van der Waals surface area contributed by atoms with Crippen molar-refractivity contribution in [3.8, 4) is 5.75 Å². The maximum absolute atomic E-state index is 12.3. The molecule has 0 spiro atoms. The van der Waals surface area contributed by atoms with Gasteiger partial charge in [0.15, 0.2) is 0 Å². The number of benzene rings is 2. The van der Waals surface area contributed by atoms with Crippen molar-refractivity contribution in [1.29, 1.82) is 0 Å². The van der Waals surface area contributed by atoms with Crippen LogP contribution in [0.4, 0.5) is 11.4 Å². The zero-order valence-corrected chi connectivity index (χ0v) is 16.2. The van der Waals surface area contributed by atoms with E-state index in [1.165, 1.54) is 7.11 Å². The van der Waals surface area contributed by atoms with Crippen molar-refractivity contribution >= 4 is 34.8 Å². The smallest absolute Gasteiger partial charge is 0.233 e. The fraction of sp³-hybridized carbons (Fsp3) is 0.300. The summed E-state index contributed by atoms with van der Waals surface area (Å²) in [6.07, 6.45) is 0.507. The molecule has 0 unspecified atom stereocenters. The third-order valence-corrected chi connectivity index (χ3v) is 4.49. The Bertz CT molecular complexity index is 834. The summed E-state index contributed by atoms with van der Waals surface area (Å²) >= 11 is 6.06. The van der Waals surface area contributed by atoms with E-state index in [1.807, 2.05) is 39.0 Å². The lowest BCUT2D eigenvalue weighted by Crippen LogP contribution is -2.22. The normalized spacial score (nSPS) is 10.3. The molecule has 0 aliphatic rings. The molecule has 0 atom stereocenters. The first-order valence-corrected chi connectivity index (χ1v) is 8.75. The number of para-hydroxylation sites is 1. The number of ether oxygens (including phenoxy) is 1. The van der Waals surface area contributed by atoms with Gasteiger partial charge >= 0.3 is 0 Å². The van der Waals surface area contributed by atoms with Gasteiger partial charge in [0.2, 0.25) is 11.8 Å². The Labute approximate surface area is 158 Å². The lowest BCUT2D eigenvalue weighted by Gasteiger charge is -2.14. The van der Waals surface area contributed by atoms with Crippen LogP contribution in [-0.4, -0.2) is 18.9 Å². The molecule has 0 aromatic heterocycles. The molecule has 2 aromatic rings. The van der Waals surface area contributed by atoms with E-state index in [-0.39, 0.29) is 12.3 Å². The van der Waals surface area contributed by atoms with Gasteiger partial charge in [0, 0.05) is 16.8 Å². The van der Waals surface area contributed by atoms with Gasteiger partial charge in [-0.1, -0.05) is 36.7 Å². The van der Waals surface area contributed by atoms with Crippen molar-refractivity contribution in [2.45, 2.75) is 33.6 Å². The average Bonchev–Trinajstić information content (AvgIpc) is 2.59. The molecule has 2 N–H and O–H groups in total. The predicted molar refractivity (Wildman–Crippen MR) is 105 cm³/mol. The Morgan fingerprint density at radius 3 is 2.42 bits per heavy atom. The van der Waals surface area contributed by atoms with Crippen molar-refractivity contribution < 1.29 is 14.3 Å². The van der Waals surface area contributed by atoms with Crippen LogP contribution in [0.1, 0.15) is 30.0 Å². The van der Waals surface area contributed by atoms with Gasteiger partial charge in [0.25, 0.3) is 0 Å². The van der Waals surface area contributed by atoms with Crippen molar-refractivity contribution in [2.24, 2.45) is 0 Å². The zero-order chi connectivity index (χ0) is 19.3. The molecular weight excluding hydrogens is 352 g/mol. The quantitative estimate of drug-likeness (QED) is 0.732. The standard InChI is InChI=1S/C20H23ClN2O3/c1-5-14-8-6-7-12(2)20(14)23-19(25)11-18(24)22-16-9-13(3)15(21)10-17(16)26-4/h6-10H,5,11H2,1-4H3,(H,22,24)(H,23,25). The van der Waals surface area contributed by atoms with E-state index in [2.05, 4.69) is 10.6 Å². The maximum atomic E-state index is 12.3. The van der Waals surface area contributed by atoms with Crippen LogP contribution in [-0.2, 0) is 16.0 Å². The predicted octanol–water partition coefficient (Wildman–Crippen LogP) is 4.50. The first kappa shape index (κ1) is 19.8. The number of hydrogen-bond donors (Lipinski definition) is 2. The molecule has 0 fully saturated rings. The fourth-order valence-electron chi connectivity index (χ4n) is 2.66. The number of rotatable bonds is 6. The Balaban J connectivity index is 2.07. The summed E-state index contributed by atoms with van der Waals surface area (Å²) in [7, 11) is 1.49. The summed E-state index contributed by atoms with van der Waals surface area (Å²) in [5.74, 6) is -0.341. The molecule has 0 saturated carbocycles. The van der Waals surface area contributed by atoms with E-state index in [0.717, 1.165) is 28.8 Å². The summed E-state index contributed by atoms with van der Waals surface area (Å²) in [4.78, 5) is 24.5. The number of carbonyl (C=O) groups excluding carboxylic acids is 2. The second-order valence-corrected chi connectivity index (χ2v) is 6.44. The second kappa shape index (κ2) is 8.72. The summed E-state index contributed by atoms with van der Waals surface area (Å²) < 4.78 is 5.23. The minimum atomic E-state index is -0.422. The molecule has 0 radical (unpaired) electrons. The summed E-state index contributed by atoms with van der Waals surface area (Å²) in [6, 6.07) is 9.19. The second-order valence-electron chi connectivity index (χ2n) is 6.04. The lowest BCUT2D eigenvalue weighted by atomic mass is 10.1. The SMILES string of the molecule is CCc1cccc(C)c1NC(=O)CC(=O)Nc1cc(C)c(Cl)cc1OC. The summed E-state index contributed by atoms with van der Waals surface area (Å²) in [6.45, 7) is 5.77. The van der Waals surface area contributed by atoms with Gasteiger partial charge in [-0.05, 0) is 43.0 Å². The van der Waals surface area contributed by atoms with Crippen molar-refractivity contribution in [1.82, 2.24) is 0 Å². The van der Waals surface area contributed by atoms with E-state index in [1.54, 1.807) is 12.1 Å². The molecular formula is C20H23ClN2O3. The Kier molecular flexibility index (Phi) is 6.64. The number of nitrogens with one attached hydrogen (secondary N) is 2. The molecule has 0 bridgehead atoms. The lowest BCUT2D eigenvalue weighted by molar-refractivity contribution is -0.123. The van der Waals surface area contributed by atoms with Crippen LogP contribution in [0.15, 0.2) is 30.3 Å². The number of amides is 2. The van der Waals surface area contributed by atoms with Gasteiger partial charge in [-0.15, -0.1) is 0 Å². The van der Waals surface area contributed by atoms with Crippen LogP contribution in [0.25, 0.3) is 0 Å². The van der Waals surface area contributed by atoms with Gasteiger partial charge in [-0.25, -0.2) is 0 Å². The Hall–Kier alpha value is -2.53. The topological polar surface area (TPSA) is 67.4 Å². The number of halogens is 1. The van der Waals surface area contributed by atoms with Crippen LogP contribution in [0.2, 0.25) is 5.02 Å². The van der Waals surface area contributed by atoms with E-state index in [9.17, 15) is 9.59 Å². The molecule has 26 heavy (non-hydrogen) atoms. The Morgan fingerprint density at radius 1 is 1.08 bits per heavy atom. The third kappa shape index (κ3) is 4.76. The van der Waals surface area contributed by atoms with Crippen LogP contribution >= 0.6 is 11.6 Å². The molecule has 0 aliphatic heterocycles. The number of aryl methyl sites for hydroxylation is 3. The summed E-state index contributed by atoms with van der Waals surface area (Å²) in [5, 5.41) is 6.09. The van der Waals surface area contributed by atoms with Gasteiger partial charge in [0.1, 0.15) is 12.2 Å². The largest absolute Gasteiger partial charge is 0.495 e. The van der Waals surface area contributed by atoms with Crippen molar-refractivity contribution in [3.05, 3.63) is 52.0 Å². The highest BCUT2D eigenvalue weighted by Gasteiger charge is 2.15. The van der Waals surface area contributed by atoms with Crippen LogP contribution in [0, 0.1) is 13.8 Å². The molecule has 2 rings (SSSR count). The highest BCUT2D eigenvalue weighted by atomic mass is 35.5. The van der Waals surface area contributed by atoms with Crippen molar-refractivity contribution in [2.75, 3.05) is 17.7 Å². The number of carbonyl (C=O) groups is 2. The van der Waals surface area contributed by atoms with E-state index < -0.39 is 5.91 Å². The molecule has 138 valence electrons. The Morgan fingerprint density at radius 2 is 1.77 bits per heavy atom. The third-order valence-electron chi connectivity index (χ3n) is 4.08. The van der Waals surface area contributed by atoms with E-state index in [0.29, 0.717) is 16.5 Å². The van der Waals surface area contributed by atoms with Crippen LogP contribution < -0.4 is 15.4 Å². The molecule has 0 heterocycles. The van der Waals surface area contributed by atoms with E-state index >= 15 is 0 Å². The van der Waals surface area contributed by atoms with Crippen LogP contribution in [0.3, 0.4) is 0 Å². The molecule has 0 aliphatic carbocycles. The molecule has 2 aromatic carbocycles. The molecule has 0 saturated heterocycles. The first-order valence-electron chi connectivity index (χ1n) is 8.38. The maximum Gasteiger partial charge on any atom is 0.233 e. The zero-order valence-electron chi connectivity index (χ0n) is 15.4. The molecule has 5 nitrogen and oxygen atoms in total. The van der Waals surface area contributed by atoms with Crippen molar-refractivity contribution in [3.63, 3.8) is 0 Å². The molecule has 6 heteroatoms. The summed E-state index contributed by atoms with van der Waals surface area (Å²) in [5.41, 5.74) is 4.06. The van der Waals surface area contributed by atoms with Gasteiger partial charge in [0.05, 0.1) is 12.8 Å². The highest BCUT2D eigenvalue weighted by molar-refractivity contribution is 6.31. The number of hydrogen-bond acceptors (Lipinski definition) is 3. The van der Waals surface area contributed by atoms with Gasteiger partial charge in [-0.3, -0.25) is 9.59 Å². The first-order chi connectivity index (χ1) is 12.3. The molecule has 2 amide bonds. The average molecular weight is 375 g/mol. The van der Waals surface area contributed by atoms with Crippen LogP contribution in [0.5, 0.6) is 5.75 Å². The highest BCUT2D eigenvalue weighted by Crippen LogP contribution is 2.31. The number of methoxy groups -OCH3 is 1. The minimum absolute atomic E-state index is 0.289. The van der Waals surface area contributed by atoms with Gasteiger partial charge < -0.3 is 15.4 Å². The van der Waals surface area contributed by atoms with Gasteiger partial charge in [-0.2, -0.15) is 0 Å². The number of anilines is 2.